The first-order valence-corrected chi connectivity index (χ1v) is 4.27. The molecule has 0 aromatic carbocycles. The lowest BCUT2D eigenvalue weighted by atomic mass is 10.1. The van der Waals surface area contributed by atoms with E-state index < -0.39 is 0 Å². The highest BCUT2D eigenvalue weighted by molar-refractivity contribution is 4.61. The zero-order valence-electron chi connectivity index (χ0n) is 7.41. The van der Waals surface area contributed by atoms with Gasteiger partial charge in [-0.05, 0) is 19.9 Å². The SMILES string of the molecule is CCCC(CCC)NNC. The van der Waals surface area contributed by atoms with Crippen molar-refractivity contribution >= 4 is 0 Å². The molecule has 2 heteroatoms. The molecule has 0 heterocycles. The summed E-state index contributed by atoms with van der Waals surface area (Å²) in [4.78, 5) is 0. The Bertz CT molecular complexity index is 50.0. The van der Waals surface area contributed by atoms with Gasteiger partial charge in [-0.15, -0.1) is 0 Å². The number of hydrazine groups is 1. The number of hydrogen-bond acceptors (Lipinski definition) is 2. The maximum absolute atomic E-state index is 3.23. The fourth-order valence-electron chi connectivity index (χ4n) is 1.19. The van der Waals surface area contributed by atoms with Gasteiger partial charge in [0.05, 0.1) is 0 Å². The minimum atomic E-state index is 0.667. The quantitative estimate of drug-likeness (QED) is 0.554. The highest BCUT2D eigenvalue weighted by atomic mass is 15.3. The summed E-state index contributed by atoms with van der Waals surface area (Å²) in [5, 5.41) is 0. The predicted molar refractivity (Wildman–Crippen MR) is 45.8 cm³/mol. The molecular weight excluding hydrogens is 124 g/mol. The maximum atomic E-state index is 3.23. The van der Waals surface area contributed by atoms with Gasteiger partial charge >= 0.3 is 0 Å². The summed E-state index contributed by atoms with van der Waals surface area (Å²) in [5.74, 6) is 0. The third-order valence-corrected chi connectivity index (χ3v) is 1.62. The molecule has 0 aliphatic heterocycles. The van der Waals surface area contributed by atoms with Crippen LogP contribution in [0.4, 0.5) is 0 Å². The second kappa shape index (κ2) is 7.03. The van der Waals surface area contributed by atoms with E-state index in [2.05, 4.69) is 24.7 Å². The van der Waals surface area contributed by atoms with Gasteiger partial charge in [0.1, 0.15) is 0 Å². The van der Waals surface area contributed by atoms with Crippen molar-refractivity contribution in [3.05, 3.63) is 0 Å². The fraction of sp³-hybridized carbons (Fsp3) is 1.00. The van der Waals surface area contributed by atoms with E-state index in [-0.39, 0.29) is 0 Å². The molecule has 2 N–H and O–H groups in total. The molecule has 0 aromatic heterocycles. The molecule has 10 heavy (non-hydrogen) atoms. The van der Waals surface area contributed by atoms with Crippen molar-refractivity contribution in [3.63, 3.8) is 0 Å². The molecule has 0 unspecified atom stereocenters. The third kappa shape index (κ3) is 4.77. The van der Waals surface area contributed by atoms with Crippen LogP contribution < -0.4 is 10.9 Å². The average molecular weight is 144 g/mol. The zero-order valence-corrected chi connectivity index (χ0v) is 7.41. The largest absolute Gasteiger partial charge is 0.261 e. The van der Waals surface area contributed by atoms with Gasteiger partial charge in [0.2, 0.25) is 0 Å². The second-order valence-corrected chi connectivity index (χ2v) is 2.67. The molecule has 0 aromatic rings. The molecule has 2 nitrogen and oxygen atoms in total. The van der Waals surface area contributed by atoms with Crippen LogP contribution in [0.25, 0.3) is 0 Å². The van der Waals surface area contributed by atoms with Gasteiger partial charge in [0, 0.05) is 6.04 Å². The number of nitrogens with one attached hydrogen (secondary N) is 2. The smallest absolute Gasteiger partial charge is 0.0212 e. The van der Waals surface area contributed by atoms with Crippen molar-refractivity contribution in [2.45, 2.75) is 45.6 Å². The van der Waals surface area contributed by atoms with E-state index in [9.17, 15) is 0 Å². The second-order valence-electron chi connectivity index (χ2n) is 2.67. The van der Waals surface area contributed by atoms with Crippen LogP contribution in [0, 0.1) is 0 Å². The van der Waals surface area contributed by atoms with Crippen molar-refractivity contribution in [1.29, 1.82) is 0 Å². The van der Waals surface area contributed by atoms with E-state index in [1.54, 1.807) is 0 Å². The first kappa shape index (κ1) is 9.92. The first-order chi connectivity index (χ1) is 4.85. The molecule has 0 saturated heterocycles. The van der Waals surface area contributed by atoms with Crippen LogP contribution in [-0.4, -0.2) is 13.1 Å². The summed E-state index contributed by atoms with van der Waals surface area (Å²) >= 11 is 0. The summed E-state index contributed by atoms with van der Waals surface area (Å²) in [7, 11) is 1.93. The summed E-state index contributed by atoms with van der Waals surface area (Å²) < 4.78 is 0. The van der Waals surface area contributed by atoms with E-state index in [0.717, 1.165) is 0 Å². The Hall–Kier alpha value is -0.0800. The molecule has 0 rings (SSSR count). The van der Waals surface area contributed by atoms with Crippen LogP contribution in [0.15, 0.2) is 0 Å². The summed E-state index contributed by atoms with van der Waals surface area (Å²) in [5.41, 5.74) is 6.22. The molecule has 0 fully saturated rings. The van der Waals surface area contributed by atoms with Crippen molar-refractivity contribution in [2.24, 2.45) is 0 Å². The van der Waals surface area contributed by atoms with E-state index in [4.69, 9.17) is 0 Å². The highest BCUT2D eigenvalue weighted by Crippen LogP contribution is 2.02. The first-order valence-electron chi connectivity index (χ1n) is 4.27. The standard InChI is InChI=1S/C8H20N2/c1-4-6-8(7-5-2)10-9-3/h8-10H,4-7H2,1-3H3. The van der Waals surface area contributed by atoms with E-state index in [0.29, 0.717) is 6.04 Å². The highest BCUT2D eigenvalue weighted by Gasteiger charge is 2.02. The zero-order chi connectivity index (χ0) is 7.82. The Morgan fingerprint density at radius 3 is 1.90 bits per heavy atom. The van der Waals surface area contributed by atoms with Gasteiger partial charge in [-0.1, -0.05) is 26.7 Å². The van der Waals surface area contributed by atoms with Crippen LogP contribution in [0.2, 0.25) is 0 Å². The van der Waals surface area contributed by atoms with Crippen LogP contribution >= 0.6 is 0 Å². The monoisotopic (exact) mass is 144 g/mol. The van der Waals surface area contributed by atoms with E-state index in [1.165, 1.54) is 25.7 Å². The molecule has 0 spiro atoms. The van der Waals surface area contributed by atoms with Crippen LogP contribution in [0.1, 0.15) is 39.5 Å². The fourth-order valence-corrected chi connectivity index (χ4v) is 1.19. The predicted octanol–water partition coefficient (Wildman–Crippen LogP) is 1.68. The van der Waals surface area contributed by atoms with Crippen molar-refractivity contribution in [3.8, 4) is 0 Å². The van der Waals surface area contributed by atoms with Gasteiger partial charge in [-0.2, -0.15) is 0 Å². The number of hydrogen-bond donors (Lipinski definition) is 2. The molecule has 0 aliphatic carbocycles. The third-order valence-electron chi connectivity index (χ3n) is 1.62. The Balaban J connectivity index is 3.30. The topological polar surface area (TPSA) is 24.1 Å². The van der Waals surface area contributed by atoms with Crippen LogP contribution in [-0.2, 0) is 0 Å². The normalized spacial score (nSPS) is 10.8. The molecule has 0 atom stereocenters. The maximum Gasteiger partial charge on any atom is 0.0212 e. The van der Waals surface area contributed by atoms with E-state index >= 15 is 0 Å². The average Bonchev–Trinajstić information content (AvgIpc) is 1.90. The molecule has 0 saturated carbocycles. The van der Waals surface area contributed by atoms with Gasteiger partial charge in [-0.3, -0.25) is 10.9 Å². The van der Waals surface area contributed by atoms with Crippen molar-refractivity contribution < 1.29 is 0 Å². The molecule has 0 bridgehead atoms. The van der Waals surface area contributed by atoms with Crippen LogP contribution in [0.3, 0.4) is 0 Å². The van der Waals surface area contributed by atoms with Crippen LogP contribution in [0.5, 0.6) is 0 Å². The number of rotatable bonds is 6. The molecule has 0 amide bonds. The minimum Gasteiger partial charge on any atom is -0.261 e. The Morgan fingerprint density at radius 2 is 1.60 bits per heavy atom. The van der Waals surface area contributed by atoms with E-state index in [1.807, 2.05) is 7.05 Å². The van der Waals surface area contributed by atoms with Gasteiger partial charge in [-0.25, -0.2) is 0 Å². The minimum absolute atomic E-state index is 0.667. The molecule has 62 valence electrons. The molecular formula is C8H20N2. The summed E-state index contributed by atoms with van der Waals surface area (Å²) in [6.07, 6.45) is 5.07. The summed E-state index contributed by atoms with van der Waals surface area (Å²) in [6.45, 7) is 4.44. The van der Waals surface area contributed by atoms with Gasteiger partial charge < -0.3 is 0 Å². The lowest BCUT2D eigenvalue weighted by molar-refractivity contribution is 0.406. The lowest BCUT2D eigenvalue weighted by Crippen LogP contribution is -2.37. The Kier molecular flexibility index (Phi) is 6.98. The Labute approximate surface area is 64.4 Å². The molecule has 0 radical (unpaired) electrons. The van der Waals surface area contributed by atoms with Crippen molar-refractivity contribution in [2.75, 3.05) is 7.05 Å². The Morgan fingerprint density at radius 1 is 1.10 bits per heavy atom. The lowest BCUT2D eigenvalue weighted by Gasteiger charge is -2.15. The van der Waals surface area contributed by atoms with Gasteiger partial charge in [0.25, 0.3) is 0 Å². The van der Waals surface area contributed by atoms with Crippen molar-refractivity contribution in [1.82, 2.24) is 10.9 Å². The molecule has 0 aliphatic rings. The summed E-state index contributed by atoms with van der Waals surface area (Å²) in [6, 6.07) is 0.667. The van der Waals surface area contributed by atoms with Gasteiger partial charge in [0.15, 0.2) is 0 Å².